The number of benzene rings is 1. The fourth-order valence-corrected chi connectivity index (χ4v) is 1.02. The van der Waals surface area contributed by atoms with Crippen LogP contribution in [-0.2, 0) is 0 Å². The van der Waals surface area contributed by atoms with Crippen molar-refractivity contribution in [3.05, 3.63) is 55.1 Å². The highest BCUT2D eigenvalue weighted by molar-refractivity contribution is 5.45. The first-order chi connectivity index (χ1) is 9.55. The number of allylic oxidation sites excluding steroid dienone is 1. The molecular formula is C21H36. The minimum absolute atomic E-state index is 0.432. The van der Waals surface area contributed by atoms with Crippen molar-refractivity contribution in [1.29, 1.82) is 0 Å². The third kappa shape index (κ3) is 21.2. The first-order valence-corrected chi connectivity index (χ1v) is 7.84. The lowest BCUT2D eigenvalue weighted by molar-refractivity contribution is 0.398. The van der Waals surface area contributed by atoms with Crippen LogP contribution < -0.4 is 0 Å². The monoisotopic (exact) mass is 288 g/mol. The minimum atomic E-state index is 0.432. The molecule has 0 bridgehead atoms. The van der Waals surface area contributed by atoms with E-state index in [1.807, 2.05) is 42.5 Å². The van der Waals surface area contributed by atoms with Gasteiger partial charge in [0.2, 0.25) is 0 Å². The van der Waals surface area contributed by atoms with E-state index in [-0.39, 0.29) is 0 Å². The lowest BCUT2D eigenvalue weighted by atomic mass is 9.93. The molecule has 0 aromatic heterocycles. The SMILES string of the molecule is C=CCC(C)(C)C.C=Cc1ccccc1.CCC(C)(C)C. The minimum Gasteiger partial charge on any atom is -0.103 e. The molecule has 0 heteroatoms. The van der Waals surface area contributed by atoms with Crippen LogP contribution in [0.2, 0.25) is 0 Å². The smallest absolute Gasteiger partial charge is 0.0263 e. The summed E-state index contributed by atoms with van der Waals surface area (Å²) in [5.41, 5.74) is 2.15. The Bertz CT molecular complexity index is 357. The zero-order valence-corrected chi connectivity index (χ0v) is 15.4. The summed E-state index contributed by atoms with van der Waals surface area (Å²) in [6.45, 7) is 22.8. The third-order valence-corrected chi connectivity index (χ3v) is 2.85. The van der Waals surface area contributed by atoms with Crippen molar-refractivity contribution in [2.24, 2.45) is 10.8 Å². The highest BCUT2D eigenvalue weighted by Gasteiger charge is 2.05. The predicted molar refractivity (Wildman–Crippen MR) is 101 cm³/mol. The molecule has 1 rings (SSSR count). The zero-order chi connectivity index (χ0) is 16.9. The second kappa shape index (κ2) is 11.4. The summed E-state index contributed by atoms with van der Waals surface area (Å²) < 4.78 is 0. The van der Waals surface area contributed by atoms with Crippen molar-refractivity contribution >= 4 is 6.08 Å². The van der Waals surface area contributed by atoms with Crippen molar-refractivity contribution in [1.82, 2.24) is 0 Å². The molecule has 120 valence electrons. The molecule has 0 saturated heterocycles. The van der Waals surface area contributed by atoms with Gasteiger partial charge < -0.3 is 0 Å². The Kier molecular flexibility index (Phi) is 11.9. The maximum absolute atomic E-state index is 3.65. The van der Waals surface area contributed by atoms with Gasteiger partial charge in [-0.15, -0.1) is 6.58 Å². The molecule has 0 aliphatic heterocycles. The van der Waals surface area contributed by atoms with Crippen LogP contribution in [0, 0.1) is 10.8 Å². The summed E-state index contributed by atoms with van der Waals surface area (Å²) in [7, 11) is 0. The van der Waals surface area contributed by atoms with Crippen LogP contribution in [0.5, 0.6) is 0 Å². The molecule has 0 nitrogen and oxygen atoms in total. The maximum Gasteiger partial charge on any atom is -0.0263 e. The van der Waals surface area contributed by atoms with E-state index in [2.05, 4.69) is 61.6 Å². The lowest BCUT2D eigenvalue weighted by Gasteiger charge is -2.13. The summed E-state index contributed by atoms with van der Waals surface area (Å²) in [5, 5.41) is 0. The van der Waals surface area contributed by atoms with E-state index in [0.717, 1.165) is 6.42 Å². The van der Waals surface area contributed by atoms with E-state index in [9.17, 15) is 0 Å². The van der Waals surface area contributed by atoms with Crippen molar-refractivity contribution in [3.63, 3.8) is 0 Å². The summed E-state index contributed by atoms with van der Waals surface area (Å²) in [5.74, 6) is 0. The highest BCUT2D eigenvalue weighted by Crippen LogP contribution is 2.17. The largest absolute Gasteiger partial charge is 0.103 e. The van der Waals surface area contributed by atoms with E-state index in [1.54, 1.807) is 0 Å². The molecule has 0 atom stereocenters. The standard InChI is InChI=1S/C8H8.C7H14.C6H14/c1-2-8-6-4-3-5-7-8;1-5-6-7(2,3)4;1-5-6(2,3)4/h2-7H,1H2;5H,1,6H2,2-4H3;5H2,1-4H3. The average molecular weight is 289 g/mol. The van der Waals surface area contributed by atoms with Gasteiger partial charge in [0.1, 0.15) is 0 Å². The van der Waals surface area contributed by atoms with Gasteiger partial charge in [0.15, 0.2) is 0 Å². The molecule has 1 aromatic carbocycles. The molecule has 0 spiro atoms. The molecule has 0 fully saturated rings. The van der Waals surface area contributed by atoms with Crippen LogP contribution in [0.1, 0.15) is 66.9 Å². The molecule has 0 N–H and O–H groups in total. The van der Waals surface area contributed by atoms with Crippen molar-refractivity contribution in [3.8, 4) is 0 Å². The number of hydrogen-bond donors (Lipinski definition) is 0. The molecule has 0 unspecified atom stereocenters. The quantitative estimate of drug-likeness (QED) is 0.498. The van der Waals surface area contributed by atoms with Crippen LogP contribution in [0.15, 0.2) is 49.6 Å². The van der Waals surface area contributed by atoms with Gasteiger partial charge in [-0.1, -0.05) is 104 Å². The van der Waals surface area contributed by atoms with Gasteiger partial charge in [0, 0.05) is 0 Å². The predicted octanol–water partition coefficient (Wildman–Crippen LogP) is 7.38. The third-order valence-electron chi connectivity index (χ3n) is 2.85. The Morgan fingerprint density at radius 1 is 0.857 bits per heavy atom. The molecule has 21 heavy (non-hydrogen) atoms. The number of hydrogen-bond acceptors (Lipinski definition) is 0. The van der Waals surface area contributed by atoms with E-state index < -0.39 is 0 Å². The fourth-order valence-electron chi connectivity index (χ4n) is 1.02. The molecule has 0 amide bonds. The molecular weight excluding hydrogens is 252 g/mol. The highest BCUT2D eigenvalue weighted by atomic mass is 14.1. The van der Waals surface area contributed by atoms with Crippen molar-refractivity contribution in [2.75, 3.05) is 0 Å². The number of rotatable bonds is 2. The molecule has 1 aromatic rings. The van der Waals surface area contributed by atoms with Crippen molar-refractivity contribution < 1.29 is 0 Å². The van der Waals surface area contributed by atoms with E-state index in [0.29, 0.717) is 10.8 Å². The van der Waals surface area contributed by atoms with Gasteiger partial charge in [0.05, 0.1) is 0 Å². The molecule has 0 aliphatic rings. The van der Waals surface area contributed by atoms with Gasteiger partial charge in [0.25, 0.3) is 0 Å². The van der Waals surface area contributed by atoms with Crippen LogP contribution in [0.3, 0.4) is 0 Å². The van der Waals surface area contributed by atoms with Crippen LogP contribution in [-0.4, -0.2) is 0 Å². The normalized spacial score (nSPS) is 10.4. The maximum atomic E-state index is 3.65. The Hall–Kier alpha value is -1.30. The van der Waals surface area contributed by atoms with Gasteiger partial charge in [-0.05, 0) is 22.8 Å². The second-order valence-electron chi connectivity index (χ2n) is 7.58. The van der Waals surface area contributed by atoms with E-state index in [1.165, 1.54) is 12.0 Å². The van der Waals surface area contributed by atoms with Gasteiger partial charge in [-0.3, -0.25) is 0 Å². The Morgan fingerprint density at radius 3 is 1.43 bits per heavy atom. The summed E-state index contributed by atoms with van der Waals surface area (Å²) in [4.78, 5) is 0. The average Bonchev–Trinajstić information content (AvgIpc) is 2.39. The zero-order valence-electron chi connectivity index (χ0n) is 15.4. The Balaban J connectivity index is 0. The lowest BCUT2D eigenvalue weighted by Crippen LogP contribution is -2.01. The van der Waals surface area contributed by atoms with E-state index in [4.69, 9.17) is 0 Å². The topological polar surface area (TPSA) is 0 Å². The molecule has 0 saturated carbocycles. The van der Waals surface area contributed by atoms with Gasteiger partial charge in [-0.25, -0.2) is 0 Å². The first-order valence-electron chi connectivity index (χ1n) is 7.84. The molecule has 0 radical (unpaired) electrons. The van der Waals surface area contributed by atoms with Crippen molar-refractivity contribution in [2.45, 2.75) is 61.3 Å². The van der Waals surface area contributed by atoms with Crippen LogP contribution in [0.4, 0.5) is 0 Å². The second-order valence-corrected chi connectivity index (χ2v) is 7.58. The summed E-state index contributed by atoms with van der Waals surface area (Å²) in [6.07, 6.45) is 6.17. The Labute approximate surface area is 134 Å². The molecule has 0 heterocycles. The van der Waals surface area contributed by atoms with E-state index >= 15 is 0 Å². The fraction of sp³-hybridized carbons (Fsp3) is 0.524. The Morgan fingerprint density at radius 2 is 1.29 bits per heavy atom. The van der Waals surface area contributed by atoms with Crippen LogP contribution >= 0.6 is 0 Å². The van der Waals surface area contributed by atoms with Gasteiger partial charge in [-0.2, -0.15) is 0 Å². The summed E-state index contributed by atoms with van der Waals surface area (Å²) in [6, 6.07) is 10.0. The van der Waals surface area contributed by atoms with Crippen LogP contribution in [0.25, 0.3) is 6.08 Å². The molecule has 0 aliphatic carbocycles. The van der Waals surface area contributed by atoms with Gasteiger partial charge >= 0.3 is 0 Å². The first kappa shape index (κ1) is 22.0. The summed E-state index contributed by atoms with van der Waals surface area (Å²) >= 11 is 0.